The summed E-state index contributed by atoms with van der Waals surface area (Å²) in [6, 6.07) is 1.01. The highest BCUT2D eigenvalue weighted by atomic mass is 32.2. The lowest BCUT2D eigenvalue weighted by Crippen LogP contribution is -2.47. The number of rotatable bonds is 3. The first-order valence-electron chi connectivity index (χ1n) is 6.32. The second kappa shape index (κ2) is 6.30. The molecule has 1 saturated heterocycles. The van der Waals surface area contributed by atoms with Crippen LogP contribution in [0.3, 0.4) is 0 Å². The molecule has 2 rings (SSSR count). The van der Waals surface area contributed by atoms with Gasteiger partial charge in [-0.25, -0.2) is 18.4 Å². The predicted octanol–water partition coefficient (Wildman–Crippen LogP) is 2.73. The molecule has 1 aromatic carbocycles. The number of thioether (sulfide) groups is 1. The Labute approximate surface area is 124 Å². The molecule has 0 radical (unpaired) electrons. The molecule has 1 aromatic rings. The summed E-state index contributed by atoms with van der Waals surface area (Å²) >= 11 is 1.37. The van der Waals surface area contributed by atoms with Gasteiger partial charge in [0, 0.05) is 17.5 Å². The van der Waals surface area contributed by atoms with Crippen molar-refractivity contribution < 1.29 is 23.5 Å². The topological polar surface area (TPSA) is 69.6 Å². The van der Waals surface area contributed by atoms with E-state index in [-0.39, 0.29) is 11.1 Å². The van der Waals surface area contributed by atoms with Gasteiger partial charge in [0.2, 0.25) is 0 Å². The predicted molar refractivity (Wildman–Crippen MR) is 75.2 cm³/mol. The minimum Gasteiger partial charge on any atom is -0.480 e. The van der Waals surface area contributed by atoms with Crippen LogP contribution >= 0.6 is 11.8 Å². The third-order valence-corrected chi connectivity index (χ3v) is 4.53. The van der Waals surface area contributed by atoms with Crippen LogP contribution in [0.1, 0.15) is 13.3 Å². The zero-order valence-electron chi connectivity index (χ0n) is 11.2. The molecule has 21 heavy (non-hydrogen) atoms. The number of carbonyl (C=O) groups is 2. The maximum absolute atomic E-state index is 13.1. The minimum atomic E-state index is -1.10. The van der Waals surface area contributed by atoms with Crippen LogP contribution in [0.5, 0.6) is 0 Å². The molecule has 2 amide bonds. The number of carboxylic acids is 1. The molecule has 0 aromatic heterocycles. The fraction of sp³-hybridized carbons (Fsp3) is 0.385. The summed E-state index contributed by atoms with van der Waals surface area (Å²) < 4.78 is 26.2. The number of hydrogen-bond acceptors (Lipinski definition) is 3. The molecule has 2 unspecified atom stereocenters. The largest absolute Gasteiger partial charge is 0.480 e. The summed E-state index contributed by atoms with van der Waals surface area (Å²) in [6.07, 6.45) is 0.583. The second-order valence-corrected chi connectivity index (χ2v) is 5.76. The smallest absolute Gasteiger partial charge is 0.327 e. The first-order valence-corrected chi connectivity index (χ1v) is 7.37. The quantitative estimate of drug-likeness (QED) is 0.899. The van der Waals surface area contributed by atoms with E-state index in [1.54, 1.807) is 0 Å². The van der Waals surface area contributed by atoms with E-state index in [2.05, 4.69) is 5.32 Å². The van der Waals surface area contributed by atoms with Crippen molar-refractivity contribution in [3.8, 4) is 0 Å². The van der Waals surface area contributed by atoms with E-state index >= 15 is 0 Å². The number of hydrogen-bond donors (Lipinski definition) is 2. The molecule has 2 N–H and O–H groups in total. The molecule has 5 nitrogen and oxygen atoms in total. The van der Waals surface area contributed by atoms with Crippen molar-refractivity contribution in [2.75, 3.05) is 11.1 Å². The van der Waals surface area contributed by atoms with Gasteiger partial charge in [0.25, 0.3) is 0 Å². The van der Waals surface area contributed by atoms with Gasteiger partial charge in [-0.2, -0.15) is 0 Å². The van der Waals surface area contributed by atoms with Crippen molar-refractivity contribution in [2.24, 2.45) is 0 Å². The molecule has 0 saturated carbocycles. The number of carboxylic acid groups (broad SMARTS) is 1. The monoisotopic (exact) mass is 316 g/mol. The van der Waals surface area contributed by atoms with Crippen molar-refractivity contribution in [3.05, 3.63) is 29.8 Å². The van der Waals surface area contributed by atoms with Gasteiger partial charge >= 0.3 is 12.0 Å². The number of aliphatic carboxylic acids is 1. The van der Waals surface area contributed by atoms with Gasteiger partial charge in [-0.05, 0) is 18.6 Å². The number of anilines is 1. The average molecular weight is 316 g/mol. The fourth-order valence-electron chi connectivity index (χ4n) is 2.15. The van der Waals surface area contributed by atoms with Crippen LogP contribution in [0.25, 0.3) is 0 Å². The molecule has 114 valence electrons. The Morgan fingerprint density at radius 1 is 1.38 bits per heavy atom. The summed E-state index contributed by atoms with van der Waals surface area (Å²) in [7, 11) is 0. The van der Waals surface area contributed by atoms with Crippen LogP contribution in [-0.2, 0) is 4.79 Å². The van der Waals surface area contributed by atoms with Crippen molar-refractivity contribution in [3.63, 3.8) is 0 Å². The number of carbonyl (C=O) groups excluding carboxylic acids is 1. The van der Waals surface area contributed by atoms with Gasteiger partial charge in [0.05, 0.1) is 5.37 Å². The van der Waals surface area contributed by atoms with Gasteiger partial charge in [0.1, 0.15) is 17.7 Å². The van der Waals surface area contributed by atoms with Gasteiger partial charge in [-0.1, -0.05) is 6.92 Å². The Kier molecular flexibility index (Phi) is 4.66. The molecule has 2 atom stereocenters. The lowest BCUT2D eigenvalue weighted by molar-refractivity contribution is -0.141. The molecule has 1 aliphatic rings. The summed E-state index contributed by atoms with van der Waals surface area (Å²) in [5.74, 6) is -2.44. The van der Waals surface area contributed by atoms with Gasteiger partial charge < -0.3 is 10.4 Å². The maximum atomic E-state index is 13.1. The van der Waals surface area contributed by atoms with Crippen molar-refractivity contribution >= 4 is 29.4 Å². The van der Waals surface area contributed by atoms with E-state index in [0.717, 1.165) is 12.1 Å². The third kappa shape index (κ3) is 3.44. The fourth-order valence-corrected chi connectivity index (χ4v) is 3.50. The summed E-state index contributed by atoms with van der Waals surface area (Å²) in [5, 5.41) is 11.2. The summed E-state index contributed by atoms with van der Waals surface area (Å²) in [5.41, 5.74) is -0.0478. The van der Waals surface area contributed by atoms with Crippen LogP contribution in [0.2, 0.25) is 0 Å². The first kappa shape index (κ1) is 15.6. The highest BCUT2D eigenvalue weighted by molar-refractivity contribution is 8.00. The number of nitrogens with one attached hydrogen (secondary N) is 1. The molecule has 1 fully saturated rings. The zero-order chi connectivity index (χ0) is 15.6. The lowest BCUT2D eigenvalue weighted by atomic mass is 10.2. The van der Waals surface area contributed by atoms with E-state index < -0.39 is 29.7 Å². The number of urea groups is 1. The molecule has 1 heterocycles. The van der Waals surface area contributed by atoms with Gasteiger partial charge in [0.15, 0.2) is 0 Å². The Bertz CT molecular complexity index is 550. The molecule has 0 bridgehead atoms. The third-order valence-electron chi connectivity index (χ3n) is 3.08. The number of halogens is 2. The van der Waals surface area contributed by atoms with E-state index in [1.165, 1.54) is 16.7 Å². The van der Waals surface area contributed by atoms with Crippen molar-refractivity contribution in [2.45, 2.75) is 24.8 Å². The highest BCUT2D eigenvalue weighted by Crippen LogP contribution is 2.32. The van der Waals surface area contributed by atoms with Crippen LogP contribution < -0.4 is 5.32 Å². The minimum absolute atomic E-state index is 0.0478. The maximum Gasteiger partial charge on any atom is 0.327 e. The van der Waals surface area contributed by atoms with Crippen LogP contribution in [0.15, 0.2) is 18.2 Å². The van der Waals surface area contributed by atoms with Gasteiger partial charge in [-0.15, -0.1) is 11.8 Å². The first-order chi connectivity index (χ1) is 9.92. The molecule has 1 aliphatic heterocycles. The standard InChI is InChI=1S/C13H14F2N2O3S/c1-2-11-17(10(6-21-11)12(18)19)13(20)16-9-4-7(14)3-8(15)5-9/h3-5,10-11H,2,6H2,1H3,(H,16,20)(H,18,19). The second-order valence-electron chi connectivity index (χ2n) is 4.55. The zero-order valence-corrected chi connectivity index (χ0v) is 12.0. The van der Waals surface area contributed by atoms with Crippen LogP contribution in [0, 0.1) is 11.6 Å². The molecule has 0 spiro atoms. The van der Waals surface area contributed by atoms with E-state index in [9.17, 15) is 18.4 Å². The Morgan fingerprint density at radius 2 is 2.00 bits per heavy atom. The average Bonchev–Trinajstić information content (AvgIpc) is 2.81. The SMILES string of the molecule is CCC1SCC(C(=O)O)N1C(=O)Nc1cc(F)cc(F)c1. The van der Waals surface area contributed by atoms with Crippen LogP contribution in [-0.4, -0.2) is 39.2 Å². The molecular formula is C13H14F2N2O3S. The van der Waals surface area contributed by atoms with E-state index in [4.69, 9.17) is 5.11 Å². The lowest BCUT2D eigenvalue weighted by Gasteiger charge is -2.26. The normalized spacial score (nSPS) is 21.4. The summed E-state index contributed by atoms with van der Waals surface area (Å²) in [4.78, 5) is 24.6. The Balaban J connectivity index is 2.18. The Morgan fingerprint density at radius 3 is 2.52 bits per heavy atom. The molecular weight excluding hydrogens is 302 g/mol. The Hall–Kier alpha value is -1.83. The van der Waals surface area contributed by atoms with Crippen LogP contribution in [0.4, 0.5) is 19.3 Å². The summed E-state index contributed by atoms with van der Waals surface area (Å²) in [6.45, 7) is 1.84. The van der Waals surface area contributed by atoms with Gasteiger partial charge in [-0.3, -0.25) is 4.90 Å². The number of nitrogens with zero attached hydrogens (tertiary/aromatic N) is 1. The van der Waals surface area contributed by atoms with E-state index in [0.29, 0.717) is 18.2 Å². The highest BCUT2D eigenvalue weighted by Gasteiger charge is 2.40. The van der Waals surface area contributed by atoms with Crippen molar-refractivity contribution in [1.29, 1.82) is 0 Å². The number of benzene rings is 1. The molecule has 8 heteroatoms. The van der Waals surface area contributed by atoms with E-state index in [1.807, 2.05) is 6.92 Å². The molecule has 0 aliphatic carbocycles. The van der Waals surface area contributed by atoms with Crippen molar-refractivity contribution in [1.82, 2.24) is 4.90 Å². The number of amides is 2.